The van der Waals surface area contributed by atoms with Crippen molar-refractivity contribution in [2.24, 2.45) is 5.73 Å². The summed E-state index contributed by atoms with van der Waals surface area (Å²) in [7, 11) is 2.08. The van der Waals surface area contributed by atoms with Crippen molar-refractivity contribution in [1.82, 2.24) is 4.90 Å². The van der Waals surface area contributed by atoms with E-state index >= 15 is 0 Å². The van der Waals surface area contributed by atoms with Gasteiger partial charge in [-0.15, -0.1) is 0 Å². The van der Waals surface area contributed by atoms with E-state index < -0.39 is 0 Å². The third kappa shape index (κ3) is 3.34. The molecule has 1 aliphatic rings. The molecule has 0 aliphatic carbocycles. The van der Waals surface area contributed by atoms with E-state index in [2.05, 4.69) is 31.5 Å². The SMILES string of the molecule is CN1CCOC1(C)C.NC=O. The molecule has 1 heterocycles. The second kappa shape index (κ2) is 4.31. The number of hydrogen-bond donors (Lipinski definition) is 1. The van der Waals surface area contributed by atoms with Gasteiger partial charge in [-0.05, 0) is 20.9 Å². The van der Waals surface area contributed by atoms with Crippen molar-refractivity contribution in [2.75, 3.05) is 20.2 Å². The molecule has 0 unspecified atom stereocenters. The van der Waals surface area contributed by atoms with Crippen LogP contribution in [0, 0.1) is 0 Å². The fourth-order valence-corrected chi connectivity index (χ4v) is 0.812. The topological polar surface area (TPSA) is 55.6 Å². The van der Waals surface area contributed by atoms with Gasteiger partial charge in [-0.25, -0.2) is 0 Å². The van der Waals surface area contributed by atoms with Gasteiger partial charge in [0.05, 0.1) is 6.61 Å². The van der Waals surface area contributed by atoms with Crippen molar-refractivity contribution in [3.05, 3.63) is 0 Å². The molecule has 1 fully saturated rings. The standard InChI is InChI=1S/C6H13NO.CH3NO/c1-6(2)7(3)4-5-8-6;2-1-3/h4-5H2,1-3H3;1H,(H2,2,3). The zero-order chi connectivity index (χ0) is 8.91. The van der Waals surface area contributed by atoms with Crippen LogP contribution in [0.4, 0.5) is 0 Å². The minimum Gasteiger partial charge on any atom is -0.372 e. The van der Waals surface area contributed by atoms with E-state index in [1.807, 2.05) is 0 Å². The third-order valence-electron chi connectivity index (χ3n) is 1.80. The molecule has 66 valence electrons. The lowest BCUT2D eigenvalue weighted by Gasteiger charge is -2.25. The highest BCUT2D eigenvalue weighted by atomic mass is 16.5. The van der Waals surface area contributed by atoms with Gasteiger partial charge in [0.1, 0.15) is 5.72 Å². The van der Waals surface area contributed by atoms with Gasteiger partial charge in [-0.3, -0.25) is 9.69 Å². The van der Waals surface area contributed by atoms with E-state index in [0.717, 1.165) is 13.2 Å². The average Bonchev–Trinajstić information content (AvgIpc) is 2.14. The molecule has 0 spiro atoms. The molecule has 1 amide bonds. The average molecular weight is 160 g/mol. The third-order valence-corrected chi connectivity index (χ3v) is 1.80. The van der Waals surface area contributed by atoms with E-state index in [1.54, 1.807) is 0 Å². The van der Waals surface area contributed by atoms with E-state index in [4.69, 9.17) is 9.53 Å². The summed E-state index contributed by atoms with van der Waals surface area (Å²) in [5.41, 5.74) is 4.15. The molecule has 0 aromatic heterocycles. The first-order valence-corrected chi connectivity index (χ1v) is 3.55. The maximum absolute atomic E-state index is 8.58. The summed E-state index contributed by atoms with van der Waals surface area (Å²) >= 11 is 0. The molecule has 0 bridgehead atoms. The van der Waals surface area contributed by atoms with Crippen LogP contribution in [-0.4, -0.2) is 37.2 Å². The number of rotatable bonds is 0. The van der Waals surface area contributed by atoms with Crippen molar-refractivity contribution >= 4 is 6.41 Å². The molecule has 0 saturated carbocycles. The van der Waals surface area contributed by atoms with Gasteiger partial charge in [-0.2, -0.15) is 0 Å². The summed E-state index contributed by atoms with van der Waals surface area (Å²) in [5, 5.41) is 0. The largest absolute Gasteiger partial charge is 0.372 e. The highest BCUT2D eigenvalue weighted by molar-refractivity contribution is 5.42. The molecule has 0 atom stereocenters. The van der Waals surface area contributed by atoms with Gasteiger partial charge in [0.2, 0.25) is 6.41 Å². The van der Waals surface area contributed by atoms with Crippen LogP contribution in [0.25, 0.3) is 0 Å². The molecule has 4 nitrogen and oxygen atoms in total. The predicted octanol–water partition coefficient (Wildman–Crippen LogP) is -0.214. The molecule has 11 heavy (non-hydrogen) atoms. The Morgan fingerprint density at radius 2 is 2.09 bits per heavy atom. The van der Waals surface area contributed by atoms with Crippen molar-refractivity contribution in [2.45, 2.75) is 19.6 Å². The van der Waals surface area contributed by atoms with Crippen LogP contribution < -0.4 is 5.73 Å². The van der Waals surface area contributed by atoms with E-state index in [1.165, 1.54) is 0 Å². The number of amides is 1. The predicted molar refractivity (Wildman–Crippen MR) is 42.9 cm³/mol. The van der Waals surface area contributed by atoms with Gasteiger partial charge < -0.3 is 10.5 Å². The summed E-state index contributed by atoms with van der Waals surface area (Å²) < 4.78 is 5.38. The maximum atomic E-state index is 8.58. The summed E-state index contributed by atoms with van der Waals surface area (Å²) in [5.74, 6) is 0. The molecular weight excluding hydrogens is 144 g/mol. The molecule has 0 radical (unpaired) electrons. The molecule has 4 heteroatoms. The Morgan fingerprint density at radius 3 is 2.18 bits per heavy atom. The van der Waals surface area contributed by atoms with E-state index in [9.17, 15) is 0 Å². The first-order chi connectivity index (χ1) is 5.04. The first-order valence-electron chi connectivity index (χ1n) is 3.55. The minimum atomic E-state index is -0.0139. The molecule has 1 aliphatic heterocycles. The summed E-state index contributed by atoms with van der Waals surface area (Å²) in [6.45, 7) is 6.11. The molecule has 0 aromatic rings. The lowest BCUT2D eigenvalue weighted by atomic mass is 10.3. The molecule has 1 rings (SSSR count). The summed E-state index contributed by atoms with van der Waals surface area (Å²) in [6.07, 6.45) is 0.250. The Balaban J connectivity index is 0.000000292. The van der Waals surface area contributed by atoms with Gasteiger partial charge in [-0.1, -0.05) is 0 Å². The molecule has 0 aromatic carbocycles. The van der Waals surface area contributed by atoms with Crippen LogP contribution in [0.15, 0.2) is 0 Å². The number of likely N-dealkylation sites (N-methyl/N-ethyl adjacent to an activating group) is 1. The highest BCUT2D eigenvalue weighted by Crippen LogP contribution is 2.18. The fourth-order valence-electron chi connectivity index (χ4n) is 0.812. The second-order valence-electron chi connectivity index (χ2n) is 2.85. The number of nitrogens with zero attached hydrogens (tertiary/aromatic N) is 1. The van der Waals surface area contributed by atoms with E-state index in [-0.39, 0.29) is 12.1 Å². The molecular formula is C7H16N2O2. The zero-order valence-electron chi connectivity index (χ0n) is 7.33. The van der Waals surface area contributed by atoms with Crippen molar-refractivity contribution in [1.29, 1.82) is 0 Å². The fraction of sp³-hybridized carbons (Fsp3) is 0.857. The maximum Gasteiger partial charge on any atom is 0.204 e. The Bertz CT molecular complexity index is 126. The molecule has 1 saturated heterocycles. The highest BCUT2D eigenvalue weighted by Gasteiger charge is 2.28. The van der Waals surface area contributed by atoms with Gasteiger partial charge >= 0.3 is 0 Å². The van der Waals surface area contributed by atoms with Crippen LogP contribution in [-0.2, 0) is 9.53 Å². The minimum absolute atomic E-state index is 0.0139. The zero-order valence-corrected chi connectivity index (χ0v) is 7.33. The van der Waals surface area contributed by atoms with Gasteiger partial charge in [0, 0.05) is 6.54 Å². The molecule has 2 N–H and O–H groups in total. The van der Waals surface area contributed by atoms with Gasteiger partial charge in [0.25, 0.3) is 0 Å². The number of hydrogen-bond acceptors (Lipinski definition) is 3. The summed E-state index contributed by atoms with van der Waals surface area (Å²) in [6, 6.07) is 0. The second-order valence-corrected chi connectivity index (χ2v) is 2.85. The Morgan fingerprint density at radius 1 is 1.64 bits per heavy atom. The Hall–Kier alpha value is -0.610. The van der Waals surface area contributed by atoms with Crippen LogP contribution in [0.5, 0.6) is 0 Å². The Labute approximate surface area is 67.3 Å². The lowest BCUT2D eigenvalue weighted by Crippen LogP contribution is -2.35. The van der Waals surface area contributed by atoms with Crippen LogP contribution in [0.2, 0.25) is 0 Å². The van der Waals surface area contributed by atoms with Crippen molar-refractivity contribution in [3.8, 4) is 0 Å². The number of primary amides is 1. The van der Waals surface area contributed by atoms with Gasteiger partial charge in [0.15, 0.2) is 0 Å². The lowest BCUT2D eigenvalue weighted by molar-refractivity contribution is -0.106. The Kier molecular flexibility index (Phi) is 4.07. The quantitative estimate of drug-likeness (QED) is 0.499. The monoisotopic (exact) mass is 160 g/mol. The van der Waals surface area contributed by atoms with Crippen LogP contribution >= 0.6 is 0 Å². The summed E-state index contributed by atoms with van der Waals surface area (Å²) in [4.78, 5) is 10.8. The number of carbonyl (C=O) groups excluding carboxylic acids is 1. The van der Waals surface area contributed by atoms with Crippen LogP contribution in [0.1, 0.15) is 13.8 Å². The van der Waals surface area contributed by atoms with Crippen LogP contribution in [0.3, 0.4) is 0 Å². The van der Waals surface area contributed by atoms with Crippen molar-refractivity contribution < 1.29 is 9.53 Å². The number of nitrogens with two attached hydrogens (primary N) is 1. The normalized spacial score (nSPS) is 22.1. The van der Waals surface area contributed by atoms with Crippen molar-refractivity contribution in [3.63, 3.8) is 0 Å². The smallest absolute Gasteiger partial charge is 0.204 e. The van der Waals surface area contributed by atoms with E-state index in [0.29, 0.717) is 0 Å². The first kappa shape index (κ1) is 10.4. The number of carbonyl (C=O) groups is 1. The number of ether oxygens (including phenoxy) is 1.